The number of urea groups is 1. The highest BCUT2D eigenvalue weighted by Crippen LogP contribution is 2.19. The van der Waals surface area contributed by atoms with Crippen molar-refractivity contribution in [2.75, 3.05) is 36.1 Å². The zero-order valence-corrected chi connectivity index (χ0v) is 15.4. The number of nitrogens with one attached hydrogen (secondary N) is 2. The molecule has 2 N–H and O–H groups in total. The molecular formula is C19H24FN3OS. The summed E-state index contributed by atoms with van der Waals surface area (Å²) in [6.45, 7) is 3.58. The lowest BCUT2D eigenvalue weighted by Crippen LogP contribution is -2.29. The van der Waals surface area contributed by atoms with Crippen LogP contribution in [0.25, 0.3) is 0 Å². The number of rotatable bonds is 8. The molecule has 0 radical (unpaired) electrons. The first-order valence-corrected chi connectivity index (χ1v) is 9.31. The molecule has 134 valence electrons. The maximum atomic E-state index is 12.8. The first-order valence-electron chi connectivity index (χ1n) is 8.33. The van der Waals surface area contributed by atoms with Crippen LogP contribution in [0.15, 0.2) is 53.4 Å². The Kier molecular flexibility index (Phi) is 7.60. The van der Waals surface area contributed by atoms with Gasteiger partial charge in [0, 0.05) is 36.4 Å². The molecule has 0 atom stereocenters. The minimum atomic E-state index is -0.225. The molecule has 0 unspecified atom stereocenters. The molecule has 4 nitrogen and oxygen atoms in total. The molecule has 2 amide bonds. The number of hydrogen-bond donors (Lipinski definition) is 2. The normalized spacial score (nSPS) is 10.4. The van der Waals surface area contributed by atoms with Gasteiger partial charge in [0.05, 0.1) is 0 Å². The van der Waals surface area contributed by atoms with Crippen LogP contribution in [0.2, 0.25) is 0 Å². The highest BCUT2D eigenvalue weighted by atomic mass is 32.2. The van der Waals surface area contributed by atoms with Crippen LogP contribution in [0, 0.1) is 5.82 Å². The molecule has 0 aliphatic heterocycles. The van der Waals surface area contributed by atoms with E-state index in [0.29, 0.717) is 6.54 Å². The van der Waals surface area contributed by atoms with E-state index in [9.17, 15) is 9.18 Å². The van der Waals surface area contributed by atoms with Crippen molar-refractivity contribution in [3.05, 3.63) is 54.3 Å². The van der Waals surface area contributed by atoms with Crippen molar-refractivity contribution in [3.63, 3.8) is 0 Å². The Hall–Kier alpha value is -2.21. The summed E-state index contributed by atoms with van der Waals surface area (Å²) >= 11 is 1.65. The van der Waals surface area contributed by atoms with E-state index in [0.717, 1.165) is 35.0 Å². The number of halogens is 1. The van der Waals surface area contributed by atoms with Crippen molar-refractivity contribution in [2.45, 2.75) is 18.2 Å². The predicted molar refractivity (Wildman–Crippen MR) is 104 cm³/mol. The molecule has 2 aromatic carbocycles. The molecule has 2 rings (SSSR count). The second kappa shape index (κ2) is 9.93. The van der Waals surface area contributed by atoms with E-state index in [2.05, 4.69) is 22.5 Å². The minimum Gasteiger partial charge on any atom is -0.375 e. The van der Waals surface area contributed by atoms with Crippen LogP contribution >= 0.6 is 11.8 Å². The number of benzene rings is 2. The third-order valence-corrected chi connectivity index (χ3v) is 4.81. The van der Waals surface area contributed by atoms with Gasteiger partial charge in [-0.05, 0) is 61.6 Å². The third-order valence-electron chi connectivity index (χ3n) is 3.71. The summed E-state index contributed by atoms with van der Waals surface area (Å²) in [5.74, 6) is 0.639. The smallest absolute Gasteiger partial charge is 0.319 e. The molecule has 0 saturated carbocycles. The molecule has 0 fully saturated rings. The lowest BCUT2D eigenvalue weighted by molar-refractivity contribution is 0.252. The van der Waals surface area contributed by atoms with Gasteiger partial charge < -0.3 is 15.5 Å². The summed E-state index contributed by atoms with van der Waals surface area (Å²) in [4.78, 5) is 15.1. The van der Waals surface area contributed by atoms with Gasteiger partial charge in [-0.3, -0.25) is 0 Å². The molecule has 0 aliphatic carbocycles. The third kappa shape index (κ3) is 6.66. The van der Waals surface area contributed by atoms with Gasteiger partial charge in [-0.25, -0.2) is 9.18 Å². The standard InChI is InChI=1S/C19H24FN3OS/c1-3-23(2)17-7-4-6-16(14-17)22-19(24)21-12-5-13-25-18-10-8-15(20)9-11-18/h4,6-11,14H,3,5,12-13H2,1-2H3,(H2,21,22,24). The molecule has 2 aromatic rings. The van der Waals surface area contributed by atoms with Crippen LogP contribution in [-0.2, 0) is 0 Å². The SMILES string of the molecule is CCN(C)c1cccc(NC(=O)NCCCSc2ccc(F)cc2)c1. The highest BCUT2D eigenvalue weighted by Gasteiger charge is 2.04. The quantitative estimate of drug-likeness (QED) is 0.534. The number of amides is 2. The van der Waals surface area contributed by atoms with E-state index in [-0.39, 0.29) is 11.8 Å². The minimum absolute atomic E-state index is 0.205. The number of nitrogens with zero attached hydrogens (tertiary/aromatic N) is 1. The Morgan fingerprint density at radius 1 is 1.20 bits per heavy atom. The van der Waals surface area contributed by atoms with Crippen LogP contribution in [0.5, 0.6) is 0 Å². The largest absolute Gasteiger partial charge is 0.375 e. The Labute approximate surface area is 152 Å². The average Bonchev–Trinajstić information content (AvgIpc) is 2.62. The predicted octanol–water partition coefficient (Wildman–Crippen LogP) is 4.59. The van der Waals surface area contributed by atoms with Crippen LogP contribution in [0.4, 0.5) is 20.6 Å². The van der Waals surface area contributed by atoms with E-state index in [4.69, 9.17) is 0 Å². The van der Waals surface area contributed by atoms with Crippen LogP contribution < -0.4 is 15.5 Å². The lowest BCUT2D eigenvalue weighted by atomic mass is 10.2. The molecule has 0 bridgehead atoms. The summed E-state index contributed by atoms with van der Waals surface area (Å²) in [6, 6.07) is 14.0. The maximum absolute atomic E-state index is 12.8. The van der Waals surface area contributed by atoms with Crippen molar-refractivity contribution in [3.8, 4) is 0 Å². The molecule has 25 heavy (non-hydrogen) atoms. The average molecular weight is 361 g/mol. The topological polar surface area (TPSA) is 44.4 Å². The molecule has 0 aliphatic rings. The Bertz CT molecular complexity index is 679. The lowest BCUT2D eigenvalue weighted by Gasteiger charge is -2.17. The molecule has 6 heteroatoms. The fraction of sp³-hybridized carbons (Fsp3) is 0.316. The van der Waals surface area contributed by atoms with Crippen molar-refractivity contribution in [1.29, 1.82) is 0 Å². The second-order valence-corrected chi connectivity index (χ2v) is 6.77. The summed E-state index contributed by atoms with van der Waals surface area (Å²) in [6.07, 6.45) is 0.841. The Morgan fingerprint density at radius 3 is 2.68 bits per heavy atom. The molecule has 0 aromatic heterocycles. The van der Waals surface area contributed by atoms with E-state index >= 15 is 0 Å². The molecule has 0 heterocycles. The maximum Gasteiger partial charge on any atom is 0.319 e. The first-order chi connectivity index (χ1) is 12.1. The van der Waals surface area contributed by atoms with Gasteiger partial charge in [-0.15, -0.1) is 11.8 Å². The van der Waals surface area contributed by atoms with Gasteiger partial charge in [0.25, 0.3) is 0 Å². The Morgan fingerprint density at radius 2 is 1.96 bits per heavy atom. The fourth-order valence-electron chi connectivity index (χ4n) is 2.17. The molecule has 0 saturated heterocycles. The van der Waals surface area contributed by atoms with E-state index < -0.39 is 0 Å². The number of anilines is 2. The first kappa shape index (κ1) is 19.1. The monoisotopic (exact) mass is 361 g/mol. The number of carbonyl (C=O) groups excluding carboxylic acids is 1. The summed E-state index contributed by atoms with van der Waals surface area (Å²) in [5.41, 5.74) is 1.84. The number of hydrogen-bond acceptors (Lipinski definition) is 3. The van der Waals surface area contributed by atoms with Crippen molar-refractivity contribution in [2.24, 2.45) is 0 Å². The zero-order chi connectivity index (χ0) is 18.1. The van der Waals surface area contributed by atoms with Gasteiger partial charge in [0.1, 0.15) is 5.82 Å². The fourth-order valence-corrected chi connectivity index (χ4v) is 3.03. The highest BCUT2D eigenvalue weighted by molar-refractivity contribution is 7.99. The second-order valence-electron chi connectivity index (χ2n) is 5.60. The van der Waals surface area contributed by atoms with Gasteiger partial charge in [0.15, 0.2) is 0 Å². The van der Waals surface area contributed by atoms with Gasteiger partial charge in [-0.1, -0.05) is 6.07 Å². The summed E-state index contributed by atoms with van der Waals surface area (Å²) < 4.78 is 12.8. The van der Waals surface area contributed by atoms with Gasteiger partial charge in [-0.2, -0.15) is 0 Å². The zero-order valence-electron chi connectivity index (χ0n) is 14.6. The number of thioether (sulfide) groups is 1. The Balaban J connectivity index is 1.68. The summed E-state index contributed by atoms with van der Waals surface area (Å²) in [5, 5.41) is 5.70. The van der Waals surface area contributed by atoms with E-state index in [1.807, 2.05) is 31.3 Å². The van der Waals surface area contributed by atoms with E-state index in [1.165, 1.54) is 12.1 Å². The summed E-state index contributed by atoms with van der Waals surface area (Å²) in [7, 11) is 2.01. The van der Waals surface area contributed by atoms with Crippen LogP contribution in [0.3, 0.4) is 0 Å². The van der Waals surface area contributed by atoms with E-state index in [1.54, 1.807) is 23.9 Å². The molecule has 0 spiro atoms. The number of carbonyl (C=O) groups is 1. The van der Waals surface area contributed by atoms with Crippen LogP contribution in [0.1, 0.15) is 13.3 Å². The van der Waals surface area contributed by atoms with Crippen LogP contribution in [-0.4, -0.2) is 31.9 Å². The van der Waals surface area contributed by atoms with Crippen molar-refractivity contribution >= 4 is 29.2 Å². The van der Waals surface area contributed by atoms with Gasteiger partial charge >= 0.3 is 6.03 Å². The molecular weight excluding hydrogens is 337 g/mol. The van der Waals surface area contributed by atoms with Crippen molar-refractivity contribution in [1.82, 2.24) is 5.32 Å². The van der Waals surface area contributed by atoms with Gasteiger partial charge in [0.2, 0.25) is 0 Å². The van der Waals surface area contributed by atoms with Crippen molar-refractivity contribution < 1.29 is 9.18 Å².